The summed E-state index contributed by atoms with van der Waals surface area (Å²) in [5.41, 5.74) is 1.06. The second-order valence-corrected chi connectivity index (χ2v) is 4.79. The molecule has 0 fully saturated rings. The largest absolute Gasteiger partial charge is 0.382 e. The molecule has 0 heterocycles. The maximum Gasteiger partial charge on any atom is 0.123 e. The molecule has 1 aromatic carbocycles. The molecule has 0 radical (unpaired) electrons. The molecule has 2 nitrogen and oxygen atoms in total. The van der Waals surface area contributed by atoms with Gasteiger partial charge < -0.3 is 10.1 Å². The molecule has 0 bridgehead atoms. The fraction of sp³-hybridized carbons (Fsp3) is 0.600. The topological polar surface area (TPSA) is 21.3 Å². The zero-order chi connectivity index (χ0) is 13.4. The Morgan fingerprint density at radius 3 is 2.78 bits per heavy atom. The van der Waals surface area contributed by atoms with Crippen LogP contribution < -0.4 is 5.32 Å². The molecule has 102 valence electrons. The molecule has 0 saturated heterocycles. The van der Waals surface area contributed by atoms with E-state index in [-0.39, 0.29) is 11.9 Å². The highest BCUT2D eigenvalue weighted by Gasteiger charge is 2.13. The predicted octanol–water partition coefficient (Wildman–Crippen LogP) is 3.02. The molecule has 0 amide bonds. The lowest BCUT2D eigenvalue weighted by Gasteiger charge is -2.20. The summed E-state index contributed by atoms with van der Waals surface area (Å²) in [5.74, 6) is 0.316. The number of nitrogens with one attached hydrogen (secondary N) is 1. The number of hydrogen-bond acceptors (Lipinski definition) is 2. The van der Waals surface area contributed by atoms with Gasteiger partial charge in [0.05, 0.1) is 6.10 Å². The van der Waals surface area contributed by atoms with Crippen molar-refractivity contribution < 1.29 is 9.13 Å². The van der Waals surface area contributed by atoms with Crippen molar-refractivity contribution in [3.8, 4) is 0 Å². The van der Waals surface area contributed by atoms with Crippen molar-refractivity contribution in [2.24, 2.45) is 5.92 Å². The van der Waals surface area contributed by atoms with Gasteiger partial charge >= 0.3 is 0 Å². The molecular formula is C15H24FNO. The molecule has 0 aliphatic rings. The molecule has 0 aromatic heterocycles. The van der Waals surface area contributed by atoms with E-state index >= 15 is 0 Å². The van der Waals surface area contributed by atoms with Crippen LogP contribution in [0.4, 0.5) is 4.39 Å². The Bertz CT molecular complexity index is 343. The Hall–Kier alpha value is -0.930. The molecular weight excluding hydrogens is 229 g/mol. The van der Waals surface area contributed by atoms with Gasteiger partial charge in [0.1, 0.15) is 5.82 Å². The molecule has 0 aliphatic carbocycles. The predicted molar refractivity (Wildman–Crippen MR) is 73.2 cm³/mol. The van der Waals surface area contributed by atoms with Crippen LogP contribution >= 0.6 is 0 Å². The highest BCUT2D eigenvalue weighted by atomic mass is 19.1. The monoisotopic (exact) mass is 253 g/mol. The van der Waals surface area contributed by atoms with E-state index in [1.807, 2.05) is 6.07 Å². The van der Waals surface area contributed by atoms with Crippen molar-refractivity contribution >= 4 is 0 Å². The molecule has 0 saturated carbocycles. The minimum absolute atomic E-state index is 0.158. The van der Waals surface area contributed by atoms with Crippen molar-refractivity contribution in [1.82, 2.24) is 5.32 Å². The molecule has 1 rings (SSSR count). The van der Waals surface area contributed by atoms with Gasteiger partial charge in [0.2, 0.25) is 0 Å². The first kappa shape index (κ1) is 15.1. The third kappa shape index (κ3) is 5.61. The van der Waals surface area contributed by atoms with Crippen LogP contribution in [0.1, 0.15) is 25.8 Å². The van der Waals surface area contributed by atoms with Gasteiger partial charge in [-0.1, -0.05) is 19.1 Å². The fourth-order valence-electron chi connectivity index (χ4n) is 2.15. The Balaban J connectivity index is 2.59. The number of methoxy groups -OCH3 is 1. The smallest absolute Gasteiger partial charge is 0.123 e. The first-order valence-electron chi connectivity index (χ1n) is 6.63. The van der Waals surface area contributed by atoms with E-state index in [2.05, 4.69) is 19.2 Å². The first-order valence-corrected chi connectivity index (χ1v) is 6.63. The van der Waals surface area contributed by atoms with Crippen molar-refractivity contribution in [2.45, 2.75) is 32.8 Å². The van der Waals surface area contributed by atoms with E-state index < -0.39 is 0 Å². The summed E-state index contributed by atoms with van der Waals surface area (Å²) in [6.45, 7) is 6.07. The van der Waals surface area contributed by atoms with Gasteiger partial charge in [-0.3, -0.25) is 0 Å². The molecule has 0 spiro atoms. The lowest BCUT2D eigenvalue weighted by atomic mass is 9.94. The first-order chi connectivity index (χ1) is 8.65. The van der Waals surface area contributed by atoms with E-state index in [9.17, 15) is 4.39 Å². The van der Waals surface area contributed by atoms with Gasteiger partial charge in [-0.2, -0.15) is 0 Å². The Morgan fingerprint density at radius 1 is 1.39 bits per heavy atom. The molecule has 18 heavy (non-hydrogen) atoms. The number of hydrogen-bond donors (Lipinski definition) is 1. The van der Waals surface area contributed by atoms with Crippen LogP contribution in [-0.2, 0) is 11.2 Å². The minimum Gasteiger partial charge on any atom is -0.382 e. The van der Waals surface area contributed by atoms with Gasteiger partial charge in [-0.25, -0.2) is 4.39 Å². The van der Waals surface area contributed by atoms with Crippen LogP contribution in [0.15, 0.2) is 24.3 Å². The summed E-state index contributed by atoms with van der Waals surface area (Å²) >= 11 is 0. The van der Waals surface area contributed by atoms with Crippen molar-refractivity contribution in [2.75, 3.05) is 20.2 Å². The summed E-state index contributed by atoms with van der Waals surface area (Å²) in [4.78, 5) is 0. The zero-order valence-electron chi connectivity index (χ0n) is 11.6. The Kier molecular flexibility index (Phi) is 6.91. The fourth-order valence-corrected chi connectivity index (χ4v) is 2.15. The highest BCUT2D eigenvalue weighted by molar-refractivity contribution is 5.16. The summed E-state index contributed by atoms with van der Waals surface area (Å²) < 4.78 is 18.5. The molecule has 2 atom stereocenters. The van der Waals surface area contributed by atoms with E-state index in [4.69, 9.17) is 4.74 Å². The standard InChI is InChI=1S/C15H24FNO/c1-4-17-11-14(8-12(2)18-3)9-13-6-5-7-15(16)10-13/h5-7,10,12,14,17H,4,8-9,11H2,1-3H3. The van der Waals surface area contributed by atoms with E-state index in [1.165, 1.54) is 6.07 Å². The summed E-state index contributed by atoms with van der Waals surface area (Å²) in [6.07, 6.45) is 2.11. The molecule has 1 aromatic rings. The maximum atomic E-state index is 13.2. The molecule has 3 heteroatoms. The lowest BCUT2D eigenvalue weighted by Crippen LogP contribution is -2.27. The number of halogens is 1. The van der Waals surface area contributed by atoms with E-state index in [0.717, 1.165) is 31.5 Å². The molecule has 0 aliphatic heterocycles. The highest BCUT2D eigenvalue weighted by Crippen LogP contribution is 2.16. The lowest BCUT2D eigenvalue weighted by molar-refractivity contribution is 0.0947. The van der Waals surface area contributed by atoms with E-state index in [1.54, 1.807) is 19.2 Å². The van der Waals surface area contributed by atoms with Gasteiger partial charge in [-0.05, 0) is 56.5 Å². The SMILES string of the molecule is CCNCC(Cc1cccc(F)c1)CC(C)OC. The van der Waals surface area contributed by atoms with Crippen molar-refractivity contribution in [3.63, 3.8) is 0 Å². The van der Waals surface area contributed by atoms with Crippen LogP contribution in [-0.4, -0.2) is 26.3 Å². The quantitative estimate of drug-likeness (QED) is 0.769. The maximum absolute atomic E-state index is 13.2. The third-order valence-electron chi connectivity index (χ3n) is 3.16. The second-order valence-electron chi connectivity index (χ2n) is 4.79. The number of rotatable bonds is 8. The number of benzene rings is 1. The average Bonchev–Trinajstić information content (AvgIpc) is 2.35. The summed E-state index contributed by atoms with van der Waals surface area (Å²) in [5, 5.41) is 3.36. The van der Waals surface area contributed by atoms with Gasteiger partial charge in [0.25, 0.3) is 0 Å². The molecule has 1 N–H and O–H groups in total. The summed E-state index contributed by atoms with van der Waals surface area (Å²) in [7, 11) is 1.73. The van der Waals surface area contributed by atoms with Gasteiger partial charge in [0.15, 0.2) is 0 Å². The van der Waals surface area contributed by atoms with Gasteiger partial charge in [-0.15, -0.1) is 0 Å². The zero-order valence-corrected chi connectivity index (χ0v) is 11.6. The van der Waals surface area contributed by atoms with Crippen LogP contribution in [0.5, 0.6) is 0 Å². The Labute approximate surface area is 110 Å². The van der Waals surface area contributed by atoms with Crippen molar-refractivity contribution in [1.29, 1.82) is 0 Å². The van der Waals surface area contributed by atoms with Crippen molar-refractivity contribution in [3.05, 3.63) is 35.6 Å². The van der Waals surface area contributed by atoms with E-state index in [0.29, 0.717) is 5.92 Å². The van der Waals surface area contributed by atoms with Crippen LogP contribution in [0.25, 0.3) is 0 Å². The van der Waals surface area contributed by atoms with Crippen LogP contribution in [0.3, 0.4) is 0 Å². The summed E-state index contributed by atoms with van der Waals surface area (Å²) in [6, 6.07) is 6.87. The average molecular weight is 253 g/mol. The Morgan fingerprint density at radius 2 is 2.17 bits per heavy atom. The minimum atomic E-state index is -0.158. The second kappa shape index (κ2) is 8.22. The molecule has 2 unspecified atom stereocenters. The third-order valence-corrected chi connectivity index (χ3v) is 3.16. The van der Waals surface area contributed by atoms with Crippen LogP contribution in [0.2, 0.25) is 0 Å². The van der Waals surface area contributed by atoms with Gasteiger partial charge in [0, 0.05) is 7.11 Å². The normalized spacial score (nSPS) is 14.4. The number of ether oxygens (including phenoxy) is 1. The van der Waals surface area contributed by atoms with Crippen LogP contribution in [0, 0.1) is 11.7 Å².